The molecule has 4 aromatic heterocycles. The molecule has 1 saturated carbocycles. The Bertz CT molecular complexity index is 1430. The second kappa shape index (κ2) is 9.40. The highest BCUT2D eigenvalue weighted by molar-refractivity contribution is 7.99. The van der Waals surface area contributed by atoms with Gasteiger partial charge in [-0.25, -0.2) is 18.3 Å². The summed E-state index contributed by atoms with van der Waals surface area (Å²) in [5, 5.41) is 18.7. The molecule has 1 fully saturated rings. The molecule has 0 N–H and O–H groups in total. The van der Waals surface area contributed by atoms with Crippen LogP contribution in [0.15, 0.2) is 46.8 Å². The van der Waals surface area contributed by atoms with Gasteiger partial charge in [0.05, 0.1) is 35.7 Å². The average molecular weight is 494 g/mol. The van der Waals surface area contributed by atoms with Crippen LogP contribution in [0.2, 0.25) is 0 Å². The molecule has 0 aliphatic heterocycles. The molecule has 35 heavy (non-hydrogen) atoms. The lowest BCUT2D eigenvalue weighted by Crippen LogP contribution is -2.33. The van der Waals surface area contributed by atoms with Crippen LogP contribution in [0.25, 0.3) is 16.6 Å². The third-order valence-electron chi connectivity index (χ3n) is 6.78. The highest BCUT2D eigenvalue weighted by Crippen LogP contribution is 2.38. The van der Waals surface area contributed by atoms with E-state index in [4.69, 9.17) is 5.10 Å². The van der Waals surface area contributed by atoms with Gasteiger partial charge in [0.2, 0.25) is 0 Å². The number of aromatic nitrogens is 5. The first-order chi connectivity index (χ1) is 16.9. The molecule has 4 aromatic rings. The maximum atomic E-state index is 14.4. The molecular formula is C25H25F2N7S. The summed E-state index contributed by atoms with van der Waals surface area (Å²) < 4.78 is 31.5. The fraction of sp³-hybridized carbons (Fsp3) is 0.360. The van der Waals surface area contributed by atoms with E-state index in [1.54, 1.807) is 4.52 Å². The van der Waals surface area contributed by atoms with Crippen molar-refractivity contribution < 1.29 is 8.78 Å². The molecule has 0 spiro atoms. The molecule has 0 amide bonds. The van der Waals surface area contributed by atoms with Crippen molar-refractivity contribution in [1.29, 1.82) is 5.26 Å². The molecule has 0 saturated heterocycles. The van der Waals surface area contributed by atoms with Gasteiger partial charge in [-0.05, 0) is 52.8 Å². The van der Waals surface area contributed by atoms with Gasteiger partial charge in [-0.2, -0.15) is 15.5 Å². The Kier molecular flexibility index (Phi) is 6.30. The Balaban J connectivity index is 1.53. The molecule has 0 radical (unpaired) electrons. The van der Waals surface area contributed by atoms with Gasteiger partial charge in [-0.3, -0.25) is 4.68 Å². The number of pyridine rings is 2. The highest BCUT2D eigenvalue weighted by Gasteiger charge is 2.26. The summed E-state index contributed by atoms with van der Waals surface area (Å²) in [4.78, 5) is 6.80. The third-order valence-corrected chi connectivity index (χ3v) is 7.80. The van der Waals surface area contributed by atoms with Crippen molar-refractivity contribution >= 4 is 17.3 Å². The Labute approximate surface area is 206 Å². The lowest BCUT2D eigenvalue weighted by molar-refractivity contribution is 0.188. The maximum Gasteiger partial charge on any atom is 0.158 e. The minimum absolute atomic E-state index is 0.0283. The summed E-state index contributed by atoms with van der Waals surface area (Å²) in [6.45, 7) is 2.06. The predicted octanol–water partition coefficient (Wildman–Crippen LogP) is 5.25. The monoisotopic (exact) mass is 493 g/mol. The van der Waals surface area contributed by atoms with E-state index in [9.17, 15) is 14.0 Å². The van der Waals surface area contributed by atoms with Crippen LogP contribution in [-0.4, -0.2) is 49.4 Å². The van der Waals surface area contributed by atoms with Crippen LogP contribution in [-0.2, 0) is 0 Å². The van der Waals surface area contributed by atoms with E-state index in [1.807, 2.05) is 18.5 Å². The number of fused-ring (bicyclic) bond motifs is 1. The number of hydrogen-bond acceptors (Lipinski definition) is 6. The summed E-state index contributed by atoms with van der Waals surface area (Å²) in [6, 6.07) is 5.80. The lowest BCUT2D eigenvalue weighted by Gasteiger charge is -2.33. The molecule has 7 nitrogen and oxygen atoms in total. The van der Waals surface area contributed by atoms with E-state index in [0.29, 0.717) is 28.1 Å². The first-order valence-corrected chi connectivity index (χ1v) is 12.3. The normalized spacial score (nSPS) is 18.3. The fourth-order valence-electron chi connectivity index (χ4n) is 4.87. The smallest absolute Gasteiger partial charge is 0.158 e. The van der Waals surface area contributed by atoms with Crippen molar-refractivity contribution in [3.63, 3.8) is 0 Å². The summed E-state index contributed by atoms with van der Waals surface area (Å²) in [5.41, 5.74) is 3.77. The van der Waals surface area contributed by atoms with Crippen LogP contribution >= 0.6 is 11.8 Å². The van der Waals surface area contributed by atoms with Crippen LogP contribution in [0, 0.1) is 29.9 Å². The van der Waals surface area contributed by atoms with E-state index < -0.39 is 11.6 Å². The van der Waals surface area contributed by atoms with Gasteiger partial charge in [0, 0.05) is 40.0 Å². The molecule has 10 heteroatoms. The van der Waals surface area contributed by atoms with E-state index in [0.717, 1.165) is 66.5 Å². The molecule has 1 aliphatic rings. The Morgan fingerprint density at radius 2 is 1.86 bits per heavy atom. The summed E-state index contributed by atoms with van der Waals surface area (Å²) >= 11 is 1.04. The SMILES string of the molecule is Cc1c(-c2cc(Sc3ncc(F)cc3F)c3c(C#N)cnn3c2)cnn1[C@H]1CC[C@@H](N(C)C)CC1. The molecule has 0 aromatic carbocycles. The Hall–Kier alpha value is -3.29. The molecule has 180 valence electrons. The van der Waals surface area contributed by atoms with Gasteiger partial charge < -0.3 is 4.90 Å². The zero-order valence-electron chi connectivity index (χ0n) is 19.7. The second-order valence-corrected chi connectivity index (χ2v) is 10.1. The number of halogens is 2. The first-order valence-electron chi connectivity index (χ1n) is 11.5. The summed E-state index contributed by atoms with van der Waals surface area (Å²) in [7, 11) is 4.27. The van der Waals surface area contributed by atoms with E-state index in [1.165, 1.54) is 6.20 Å². The number of nitriles is 1. The van der Waals surface area contributed by atoms with E-state index in [-0.39, 0.29) is 5.03 Å². The maximum absolute atomic E-state index is 14.4. The van der Waals surface area contributed by atoms with Crippen LogP contribution in [0.3, 0.4) is 0 Å². The van der Waals surface area contributed by atoms with Gasteiger partial charge in [0.25, 0.3) is 0 Å². The van der Waals surface area contributed by atoms with Crippen LogP contribution in [0.4, 0.5) is 8.78 Å². The van der Waals surface area contributed by atoms with Crippen molar-refractivity contribution in [2.24, 2.45) is 0 Å². The van der Waals surface area contributed by atoms with Crippen LogP contribution < -0.4 is 0 Å². The first kappa shape index (κ1) is 23.5. The number of rotatable bonds is 5. The molecule has 0 unspecified atom stereocenters. The van der Waals surface area contributed by atoms with Gasteiger partial charge in [0.1, 0.15) is 16.9 Å². The predicted molar refractivity (Wildman–Crippen MR) is 129 cm³/mol. The molecular weight excluding hydrogens is 468 g/mol. The molecule has 0 bridgehead atoms. The van der Waals surface area contributed by atoms with Crippen LogP contribution in [0.1, 0.15) is 43.0 Å². The standard InChI is InChI=1S/C25H25F2N7S/c1-15-21(13-31-34(15)20-6-4-19(5-7-20)32(2)3)16-8-23(24-17(10-28)11-30-33(24)14-16)35-25-22(27)9-18(26)12-29-25/h8-9,11-14,19-20H,4-7H2,1-3H3/t19-,20+. The van der Waals surface area contributed by atoms with Crippen molar-refractivity contribution in [2.45, 2.75) is 54.6 Å². The summed E-state index contributed by atoms with van der Waals surface area (Å²) in [5.74, 6) is -1.50. The summed E-state index contributed by atoms with van der Waals surface area (Å²) in [6.07, 6.45) is 10.6. The lowest BCUT2D eigenvalue weighted by atomic mass is 9.90. The zero-order chi connectivity index (χ0) is 24.7. The highest BCUT2D eigenvalue weighted by atomic mass is 32.2. The van der Waals surface area contributed by atoms with Crippen molar-refractivity contribution in [2.75, 3.05) is 14.1 Å². The minimum atomic E-state index is -0.756. The average Bonchev–Trinajstić information content (AvgIpc) is 3.44. The minimum Gasteiger partial charge on any atom is -0.306 e. The van der Waals surface area contributed by atoms with Crippen molar-refractivity contribution in [3.05, 3.63) is 59.8 Å². The van der Waals surface area contributed by atoms with Gasteiger partial charge in [-0.15, -0.1) is 0 Å². The van der Waals surface area contributed by atoms with Crippen molar-refractivity contribution in [3.8, 4) is 17.2 Å². The van der Waals surface area contributed by atoms with Gasteiger partial charge >= 0.3 is 0 Å². The molecule has 5 rings (SSSR count). The van der Waals surface area contributed by atoms with Crippen LogP contribution in [0.5, 0.6) is 0 Å². The van der Waals surface area contributed by atoms with E-state index >= 15 is 0 Å². The van der Waals surface area contributed by atoms with E-state index in [2.05, 4.69) is 46.8 Å². The third kappa shape index (κ3) is 4.42. The number of nitrogens with zero attached hydrogens (tertiary/aromatic N) is 7. The quantitative estimate of drug-likeness (QED) is 0.378. The molecule has 4 heterocycles. The van der Waals surface area contributed by atoms with Crippen molar-refractivity contribution in [1.82, 2.24) is 29.3 Å². The molecule has 0 atom stereocenters. The zero-order valence-corrected chi connectivity index (χ0v) is 20.6. The number of hydrogen-bond donors (Lipinski definition) is 0. The topological polar surface area (TPSA) is 75.0 Å². The molecule has 1 aliphatic carbocycles. The Morgan fingerprint density at radius 3 is 2.54 bits per heavy atom. The van der Waals surface area contributed by atoms with Gasteiger partial charge in [0.15, 0.2) is 5.82 Å². The second-order valence-electron chi connectivity index (χ2n) is 9.11. The fourth-order valence-corrected chi connectivity index (χ4v) is 5.82. The van der Waals surface area contributed by atoms with Gasteiger partial charge in [-0.1, -0.05) is 11.8 Å². The Morgan fingerprint density at radius 1 is 1.09 bits per heavy atom. The largest absolute Gasteiger partial charge is 0.306 e.